The Morgan fingerprint density at radius 3 is 2.85 bits per heavy atom. The van der Waals surface area contributed by atoms with Crippen LogP contribution in [0.1, 0.15) is 35.8 Å². The van der Waals surface area contributed by atoms with Crippen LogP contribution in [0.25, 0.3) is 0 Å². The third-order valence-corrected chi connectivity index (χ3v) is 5.49. The summed E-state index contributed by atoms with van der Waals surface area (Å²) >= 11 is 0. The fraction of sp³-hybridized carbons (Fsp3) is 0.360. The minimum absolute atomic E-state index is 0.119. The second-order valence-corrected chi connectivity index (χ2v) is 8.11. The number of anilines is 2. The number of ether oxygens (including phenoxy) is 2. The Labute approximate surface area is 194 Å². The molecule has 1 amide bonds. The van der Waals surface area contributed by atoms with Crippen LogP contribution in [-0.4, -0.2) is 52.1 Å². The van der Waals surface area contributed by atoms with Gasteiger partial charge in [-0.2, -0.15) is 0 Å². The third-order valence-electron chi connectivity index (χ3n) is 5.49. The number of morpholine rings is 1. The minimum atomic E-state index is -0.236. The molecule has 1 aliphatic heterocycles. The standard InChI is InChI=1S/C25H29N5O3/c1-18-5-8-22(19(2)14-18)32-12-3-4-25(31)30-11-13-33-23(17-30)21-7-6-20(15-28-21)29-24-16-26-9-10-27-24/h5-10,14-16,23H,3-4,11-13,17H2,1-2H3,(H,27,29)/t23-/m1/s1. The quantitative estimate of drug-likeness (QED) is 0.522. The van der Waals surface area contributed by atoms with Gasteiger partial charge in [-0.05, 0) is 44.0 Å². The van der Waals surface area contributed by atoms with Crippen LogP contribution in [0.5, 0.6) is 5.75 Å². The van der Waals surface area contributed by atoms with E-state index < -0.39 is 0 Å². The Kier molecular flexibility index (Phi) is 7.47. The zero-order valence-electron chi connectivity index (χ0n) is 19.0. The van der Waals surface area contributed by atoms with Crippen molar-refractivity contribution in [2.75, 3.05) is 31.6 Å². The Hall–Kier alpha value is -3.52. The van der Waals surface area contributed by atoms with Crippen LogP contribution >= 0.6 is 0 Å². The molecule has 1 saturated heterocycles. The third kappa shape index (κ3) is 6.26. The number of hydrogen-bond acceptors (Lipinski definition) is 7. The Morgan fingerprint density at radius 1 is 1.18 bits per heavy atom. The molecule has 1 aliphatic rings. The van der Waals surface area contributed by atoms with Crippen LogP contribution in [0.4, 0.5) is 11.5 Å². The first-order valence-electron chi connectivity index (χ1n) is 11.2. The summed E-state index contributed by atoms with van der Waals surface area (Å²) in [5.41, 5.74) is 3.94. The molecule has 0 unspecified atom stereocenters. The van der Waals surface area contributed by atoms with Crippen molar-refractivity contribution in [2.24, 2.45) is 0 Å². The minimum Gasteiger partial charge on any atom is -0.493 e. The molecule has 1 aromatic carbocycles. The number of nitrogens with one attached hydrogen (secondary N) is 1. The van der Waals surface area contributed by atoms with Crippen LogP contribution in [-0.2, 0) is 9.53 Å². The summed E-state index contributed by atoms with van der Waals surface area (Å²) in [7, 11) is 0. The summed E-state index contributed by atoms with van der Waals surface area (Å²) in [6.45, 7) is 6.21. The highest BCUT2D eigenvalue weighted by molar-refractivity contribution is 5.76. The van der Waals surface area contributed by atoms with Crippen molar-refractivity contribution in [1.82, 2.24) is 19.9 Å². The van der Waals surface area contributed by atoms with Gasteiger partial charge in [-0.15, -0.1) is 0 Å². The van der Waals surface area contributed by atoms with E-state index in [2.05, 4.69) is 33.3 Å². The van der Waals surface area contributed by atoms with E-state index in [4.69, 9.17) is 9.47 Å². The number of hydrogen-bond donors (Lipinski definition) is 1. The fourth-order valence-electron chi connectivity index (χ4n) is 3.76. The molecule has 0 radical (unpaired) electrons. The maximum absolute atomic E-state index is 12.7. The predicted molar refractivity (Wildman–Crippen MR) is 125 cm³/mol. The van der Waals surface area contributed by atoms with Crippen molar-refractivity contribution < 1.29 is 14.3 Å². The Morgan fingerprint density at radius 2 is 2.09 bits per heavy atom. The van der Waals surface area contributed by atoms with Crippen LogP contribution in [0.3, 0.4) is 0 Å². The van der Waals surface area contributed by atoms with Gasteiger partial charge in [0.2, 0.25) is 5.91 Å². The summed E-state index contributed by atoms with van der Waals surface area (Å²) in [6.07, 6.45) is 7.52. The van der Waals surface area contributed by atoms with Crippen LogP contribution in [0.2, 0.25) is 0 Å². The average molecular weight is 448 g/mol. The van der Waals surface area contributed by atoms with E-state index in [9.17, 15) is 4.79 Å². The summed E-state index contributed by atoms with van der Waals surface area (Å²) in [5, 5.41) is 3.15. The van der Waals surface area contributed by atoms with Crippen molar-refractivity contribution >= 4 is 17.4 Å². The number of pyridine rings is 1. The van der Waals surface area contributed by atoms with Crippen molar-refractivity contribution in [3.63, 3.8) is 0 Å². The highest BCUT2D eigenvalue weighted by Crippen LogP contribution is 2.23. The topological polar surface area (TPSA) is 89.5 Å². The number of carbonyl (C=O) groups is 1. The molecule has 8 nitrogen and oxygen atoms in total. The molecule has 0 spiro atoms. The molecule has 0 saturated carbocycles. The van der Waals surface area contributed by atoms with Crippen molar-refractivity contribution in [3.8, 4) is 5.75 Å². The van der Waals surface area contributed by atoms with Gasteiger partial charge in [0.1, 0.15) is 17.7 Å². The Balaban J connectivity index is 1.25. The molecule has 1 fully saturated rings. The molecule has 1 N–H and O–H groups in total. The molecule has 3 heterocycles. The van der Waals surface area contributed by atoms with Crippen LogP contribution in [0.15, 0.2) is 55.1 Å². The molecule has 4 rings (SSSR count). The maximum atomic E-state index is 12.7. The largest absolute Gasteiger partial charge is 0.493 e. The first kappa shape index (κ1) is 22.7. The normalized spacial score (nSPS) is 15.8. The summed E-state index contributed by atoms with van der Waals surface area (Å²) in [6, 6.07) is 9.95. The molecule has 1 atom stereocenters. The van der Waals surface area contributed by atoms with Gasteiger partial charge < -0.3 is 19.7 Å². The smallest absolute Gasteiger partial charge is 0.222 e. The van der Waals surface area contributed by atoms with Crippen molar-refractivity contribution in [2.45, 2.75) is 32.8 Å². The lowest BCUT2D eigenvalue weighted by molar-refractivity contribution is -0.139. The molecular weight excluding hydrogens is 418 g/mol. The monoisotopic (exact) mass is 447 g/mol. The van der Waals surface area contributed by atoms with Gasteiger partial charge in [0, 0.05) is 25.4 Å². The maximum Gasteiger partial charge on any atom is 0.222 e. The van der Waals surface area contributed by atoms with Crippen molar-refractivity contribution in [1.29, 1.82) is 0 Å². The van der Waals surface area contributed by atoms with E-state index in [1.807, 2.05) is 36.1 Å². The summed E-state index contributed by atoms with van der Waals surface area (Å²) < 4.78 is 11.7. The molecule has 0 aliphatic carbocycles. The number of rotatable bonds is 8. The van der Waals surface area contributed by atoms with Gasteiger partial charge >= 0.3 is 0 Å². The highest BCUT2D eigenvalue weighted by atomic mass is 16.5. The lowest BCUT2D eigenvalue weighted by Crippen LogP contribution is -2.42. The first-order valence-corrected chi connectivity index (χ1v) is 11.2. The Bertz CT molecular complexity index is 1060. The van der Waals surface area contributed by atoms with Gasteiger partial charge in [-0.1, -0.05) is 17.7 Å². The molecule has 8 heteroatoms. The number of carbonyl (C=O) groups excluding carboxylic acids is 1. The predicted octanol–water partition coefficient (Wildman–Crippen LogP) is 3.99. The number of aryl methyl sites for hydroxylation is 2. The van der Waals surface area contributed by atoms with Gasteiger partial charge in [0.05, 0.1) is 43.5 Å². The average Bonchev–Trinajstić information content (AvgIpc) is 2.84. The lowest BCUT2D eigenvalue weighted by atomic mass is 10.1. The molecule has 2 aromatic heterocycles. The number of benzene rings is 1. The number of amides is 1. The second-order valence-electron chi connectivity index (χ2n) is 8.11. The van der Waals surface area contributed by atoms with E-state index in [-0.39, 0.29) is 12.0 Å². The van der Waals surface area contributed by atoms with Gasteiger partial charge in [0.25, 0.3) is 0 Å². The zero-order valence-corrected chi connectivity index (χ0v) is 19.0. The van der Waals surface area contributed by atoms with Crippen LogP contribution in [0, 0.1) is 13.8 Å². The van der Waals surface area contributed by atoms with Gasteiger partial charge in [-0.25, -0.2) is 4.98 Å². The van der Waals surface area contributed by atoms with E-state index in [0.717, 1.165) is 22.7 Å². The number of nitrogens with zero attached hydrogens (tertiary/aromatic N) is 4. The zero-order chi connectivity index (χ0) is 23.0. The van der Waals surface area contributed by atoms with E-state index >= 15 is 0 Å². The summed E-state index contributed by atoms with van der Waals surface area (Å²) in [4.78, 5) is 27.3. The van der Waals surface area contributed by atoms with E-state index in [1.165, 1.54) is 5.56 Å². The van der Waals surface area contributed by atoms with E-state index in [1.54, 1.807) is 24.8 Å². The second kappa shape index (κ2) is 10.9. The molecule has 3 aromatic rings. The first-order chi connectivity index (χ1) is 16.1. The molecular formula is C25H29N5O3. The van der Waals surface area contributed by atoms with Gasteiger partial charge in [0.15, 0.2) is 0 Å². The van der Waals surface area contributed by atoms with Crippen molar-refractivity contribution in [3.05, 3.63) is 71.9 Å². The van der Waals surface area contributed by atoms with Crippen LogP contribution < -0.4 is 10.1 Å². The SMILES string of the molecule is Cc1ccc(OCCCC(=O)N2CCO[C@@H](c3ccc(Nc4cnccn4)cn3)C2)c(C)c1. The van der Waals surface area contributed by atoms with Gasteiger partial charge in [-0.3, -0.25) is 14.8 Å². The lowest BCUT2D eigenvalue weighted by Gasteiger charge is -2.32. The molecule has 172 valence electrons. The molecule has 33 heavy (non-hydrogen) atoms. The highest BCUT2D eigenvalue weighted by Gasteiger charge is 2.26. The summed E-state index contributed by atoms with van der Waals surface area (Å²) in [5.74, 6) is 1.65. The number of aromatic nitrogens is 3. The van der Waals surface area contributed by atoms with E-state index in [0.29, 0.717) is 45.0 Å². The fourth-order valence-corrected chi connectivity index (χ4v) is 3.76. The molecule has 0 bridgehead atoms.